The molecule has 144 valence electrons. The zero-order valence-corrected chi connectivity index (χ0v) is 16.3. The van der Waals surface area contributed by atoms with E-state index in [1.165, 1.54) is 38.8 Å². The number of nitrogens with one attached hydrogen (secondary N) is 1. The smallest absolute Gasteiger partial charge is 0.321 e. The fraction of sp³-hybridized carbons (Fsp3) is 0.750. The normalized spacial score (nSPS) is 22.4. The number of aromatic nitrogens is 2. The molecule has 1 atom stereocenters. The zero-order chi connectivity index (χ0) is 18.4. The van der Waals surface area contributed by atoms with Gasteiger partial charge in [-0.05, 0) is 58.0 Å². The highest BCUT2D eigenvalue weighted by Crippen LogP contribution is 2.24. The molecule has 0 radical (unpaired) electrons. The predicted molar refractivity (Wildman–Crippen MR) is 104 cm³/mol. The zero-order valence-electron chi connectivity index (χ0n) is 16.3. The van der Waals surface area contributed by atoms with Crippen LogP contribution in [0.1, 0.15) is 58.2 Å². The number of aryl methyl sites for hydroxylation is 1. The molecular formula is C20H33N5O. The molecule has 2 amide bonds. The molecule has 3 heterocycles. The molecule has 2 aliphatic heterocycles. The second-order valence-electron chi connectivity index (χ2n) is 7.77. The number of nitrogens with zero attached hydrogens (tertiary/aromatic N) is 4. The molecule has 0 aromatic carbocycles. The molecule has 6 nitrogen and oxygen atoms in total. The van der Waals surface area contributed by atoms with Crippen molar-refractivity contribution < 1.29 is 4.79 Å². The van der Waals surface area contributed by atoms with Gasteiger partial charge in [-0.2, -0.15) is 0 Å². The number of rotatable bonds is 5. The van der Waals surface area contributed by atoms with Crippen molar-refractivity contribution >= 4 is 11.7 Å². The van der Waals surface area contributed by atoms with Gasteiger partial charge in [-0.3, -0.25) is 0 Å². The van der Waals surface area contributed by atoms with Gasteiger partial charge in [0, 0.05) is 25.6 Å². The molecule has 0 saturated carbocycles. The van der Waals surface area contributed by atoms with Gasteiger partial charge in [0.05, 0.1) is 18.1 Å². The molecule has 26 heavy (non-hydrogen) atoms. The third-order valence-electron chi connectivity index (χ3n) is 5.94. The van der Waals surface area contributed by atoms with Crippen molar-refractivity contribution in [3.63, 3.8) is 0 Å². The Kier molecular flexibility index (Phi) is 6.83. The lowest BCUT2D eigenvalue weighted by Crippen LogP contribution is -2.42. The summed E-state index contributed by atoms with van der Waals surface area (Å²) in [6.07, 6.45) is 11.8. The van der Waals surface area contributed by atoms with Crippen LogP contribution in [0.5, 0.6) is 0 Å². The average molecular weight is 360 g/mol. The quantitative estimate of drug-likeness (QED) is 0.873. The minimum absolute atomic E-state index is 0.0269. The van der Waals surface area contributed by atoms with Crippen LogP contribution in [0, 0.1) is 5.92 Å². The molecule has 0 bridgehead atoms. The van der Waals surface area contributed by atoms with E-state index in [4.69, 9.17) is 0 Å². The van der Waals surface area contributed by atoms with Crippen molar-refractivity contribution in [2.45, 2.75) is 64.8 Å². The first-order valence-electron chi connectivity index (χ1n) is 10.3. The summed E-state index contributed by atoms with van der Waals surface area (Å²) in [6, 6.07) is 0.719. The molecule has 2 aliphatic rings. The Bertz CT molecular complexity index is 568. The maximum Gasteiger partial charge on any atom is 0.321 e. The number of carbonyl (C=O) groups excluding carboxylic acids is 1. The van der Waals surface area contributed by atoms with Gasteiger partial charge in [0.1, 0.15) is 5.82 Å². The maximum absolute atomic E-state index is 12.4. The van der Waals surface area contributed by atoms with E-state index < -0.39 is 0 Å². The molecule has 0 spiro atoms. The van der Waals surface area contributed by atoms with E-state index in [0.717, 1.165) is 50.1 Å². The highest BCUT2D eigenvalue weighted by molar-refractivity contribution is 5.88. The van der Waals surface area contributed by atoms with Crippen LogP contribution in [0.4, 0.5) is 10.5 Å². The number of hydrogen-bond acceptors (Lipinski definition) is 4. The number of likely N-dealkylation sites (tertiary alicyclic amines) is 2. The molecule has 1 aromatic rings. The van der Waals surface area contributed by atoms with Crippen molar-refractivity contribution in [2.75, 3.05) is 31.5 Å². The molecule has 1 N–H and O–H groups in total. The molecule has 2 fully saturated rings. The Morgan fingerprint density at radius 3 is 2.54 bits per heavy atom. The van der Waals surface area contributed by atoms with Gasteiger partial charge < -0.3 is 15.1 Å². The van der Waals surface area contributed by atoms with Crippen LogP contribution in [-0.2, 0) is 6.42 Å². The van der Waals surface area contributed by atoms with E-state index in [2.05, 4.69) is 27.1 Å². The molecule has 0 aliphatic carbocycles. The van der Waals surface area contributed by atoms with Crippen LogP contribution >= 0.6 is 0 Å². The van der Waals surface area contributed by atoms with Crippen molar-refractivity contribution in [3.8, 4) is 0 Å². The van der Waals surface area contributed by atoms with Gasteiger partial charge in [-0.15, -0.1) is 0 Å². The van der Waals surface area contributed by atoms with Crippen LogP contribution in [0.15, 0.2) is 12.4 Å². The van der Waals surface area contributed by atoms with Crippen molar-refractivity contribution in [1.29, 1.82) is 0 Å². The summed E-state index contributed by atoms with van der Waals surface area (Å²) in [5.74, 6) is 1.55. The van der Waals surface area contributed by atoms with Crippen LogP contribution < -0.4 is 5.32 Å². The minimum atomic E-state index is -0.0269. The van der Waals surface area contributed by atoms with Crippen LogP contribution in [0.25, 0.3) is 0 Å². The number of carbonyl (C=O) groups is 1. The van der Waals surface area contributed by atoms with Gasteiger partial charge in [0.15, 0.2) is 0 Å². The van der Waals surface area contributed by atoms with E-state index in [-0.39, 0.29) is 6.03 Å². The van der Waals surface area contributed by atoms with Gasteiger partial charge in [0.25, 0.3) is 0 Å². The molecular weight excluding hydrogens is 326 g/mol. The number of anilines is 1. The van der Waals surface area contributed by atoms with Gasteiger partial charge in [-0.25, -0.2) is 14.8 Å². The predicted octanol–water partition coefficient (Wildman–Crippen LogP) is 3.55. The Labute approximate surface area is 157 Å². The summed E-state index contributed by atoms with van der Waals surface area (Å²) < 4.78 is 0. The van der Waals surface area contributed by atoms with Gasteiger partial charge >= 0.3 is 6.03 Å². The number of amides is 2. The van der Waals surface area contributed by atoms with Gasteiger partial charge in [0.2, 0.25) is 0 Å². The lowest BCUT2D eigenvalue weighted by atomic mass is 9.92. The lowest BCUT2D eigenvalue weighted by Gasteiger charge is -2.36. The first-order valence-corrected chi connectivity index (χ1v) is 10.3. The summed E-state index contributed by atoms with van der Waals surface area (Å²) in [7, 11) is 0. The second kappa shape index (κ2) is 9.31. The van der Waals surface area contributed by atoms with Crippen LogP contribution in [0.2, 0.25) is 0 Å². The number of urea groups is 1. The summed E-state index contributed by atoms with van der Waals surface area (Å²) >= 11 is 0. The largest absolute Gasteiger partial charge is 0.325 e. The Hall–Kier alpha value is -1.69. The van der Waals surface area contributed by atoms with Crippen molar-refractivity contribution in [2.24, 2.45) is 5.92 Å². The third kappa shape index (κ3) is 5.16. The molecule has 2 saturated heterocycles. The average Bonchev–Trinajstić information content (AvgIpc) is 2.68. The van der Waals surface area contributed by atoms with E-state index in [1.807, 2.05) is 11.8 Å². The minimum Gasteiger partial charge on any atom is -0.325 e. The third-order valence-corrected chi connectivity index (χ3v) is 5.94. The van der Waals surface area contributed by atoms with Gasteiger partial charge in [-0.1, -0.05) is 13.3 Å². The Balaban J connectivity index is 1.39. The van der Waals surface area contributed by atoms with E-state index in [0.29, 0.717) is 5.69 Å². The van der Waals surface area contributed by atoms with E-state index >= 15 is 0 Å². The Morgan fingerprint density at radius 2 is 1.88 bits per heavy atom. The molecule has 6 heteroatoms. The van der Waals surface area contributed by atoms with Crippen molar-refractivity contribution in [1.82, 2.24) is 19.8 Å². The number of piperidine rings is 2. The van der Waals surface area contributed by atoms with Crippen LogP contribution in [-0.4, -0.2) is 58.0 Å². The van der Waals surface area contributed by atoms with E-state index in [1.54, 1.807) is 12.4 Å². The fourth-order valence-corrected chi connectivity index (χ4v) is 4.07. The standard InChI is InChI=1S/C20H33N5O/c1-3-19-21-14-18(15-22-19)23-20(26)25-12-8-17(9-13-25)7-11-24-10-5-4-6-16(24)2/h14-17H,3-13H2,1-2H3,(H,23,26). The highest BCUT2D eigenvalue weighted by atomic mass is 16.2. The number of hydrogen-bond donors (Lipinski definition) is 1. The summed E-state index contributed by atoms with van der Waals surface area (Å²) in [6.45, 7) is 8.56. The summed E-state index contributed by atoms with van der Waals surface area (Å²) in [5, 5.41) is 2.92. The van der Waals surface area contributed by atoms with Crippen molar-refractivity contribution in [3.05, 3.63) is 18.2 Å². The summed E-state index contributed by atoms with van der Waals surface area (Å²) in [5.41, 5.74) is 0.674. The maximum atomic E-state index is 12.4. The summed E-state index contributed by atoms with van der Waals surface area (Å²) in [4.78, 5) is 25.5. The Morgan fingerprint density at radius 1 is 1.15 bits per heavy atom. The molecule has 1 unspecified atom stereocenters. The molecule has 1 aromatic heterocycles. The SMILES string of the molecule is CCc1ncc(NC(=O)N2CCC(CCN3CCCCC3C)CC2)cn1. The second-order valence-corrected chi connectivity index (χ2v) is 7.77. The van der Waals surface area contributed by atoms with Crippen LogP contribution in [0.3, 0.4) is 0 Å². The monoisotopic (exact) mass is 359 g/mol. The fourth-order valence-electron chi connectivity index (χ4n) is 4.07. The topological polar surface area (TPSA) is 61.4 Å². The van der Waals surface area contributed by atoms with E-state index in [9.17, 15) is 4.79 Å². The highest BCUT2D eigenvalue weighted by Gasteiger charge is 2.24. The molecule has 3 rings (SSSR count). The first kappa shape index (κ1) is 19.1. The first-order chi connectivity index (χ1) is 12.7. The lowest BCUT2D eigenvalue weighted by molar-refractivity contribution is 0.134.